The van der Waals surface area contributed by atoms with Crippen LogP contribution < -0.4 is 10.2 Å². The Morgan fingerprint density at radius 2 is 1.64 bits per heavy atom. The van der Waals surface area contributed by atoms with Crippen LogP contribution in [0.3, 0.4) is 0 Å². The van der Waals surface area contributed by atoms with Crippen LogP contribution in [0, 0.1) is 0 Å². The van der Waals surface area contributed by atoms with Crippen LogP contribution in [-0.2, 0) is 32.2 Å². The molecule has 0 spiro atoms. The zero-order valence-corrected chi connectivity index (χ0v) is 16.7. The molecule has 0 unspecified atom stereocenters. The molecular formula is C18H28BNO4S. The molecule has 1 aliphatic heterocycles. The third-order valence-corrected chi connectivity index (χ3v) is 7.54. The van der Waals surface area contributed by atoms with E-state index in [-0.39, 0.29) is 24.4 Å². The van der Waals surface area contributed by atoms with Crippen molar-refractivity contribution in [1.29, 1.82) is 0 Å². The number of hydrogen-bond acceptors (Lipinski definition) is 4. The van der Waals surface area contributed by atoms with Gasteiger partial charge in [0.1, 0.15) is 0 Å². The van der Waals surface area contributed by atoms with Crippen molar-refractivity contribution in [2.45, 2.75) is 76.9 Å². The lowest BCUT2D eigenvalue weighted by Crippen LogP contribution is -2.41. The second-order valence-electron chi connectivity index (χ2n) is 8.43. The van der Waals surface area contributed by atoms with Crippen LogP contribution >= 0.6 is 0 Å². The van der Waals surface area contributed by atoms with E-state index in [1.807, 2.05) is 33.8 Å². The first kappa shape index (κ1) is 18.9. The lowest BCUT2D eigenvalue weighted by Gasteiger charge is -2.32. The first-order chi connectivity index (χ1) is 11.4. The molecule has 1 aromatic rings. The molecule has 0 aromatic heterocycles. The smallest absolute Gasteiger partial charge is 0.399 e. The van der Waals surface area contributed by atoms with Crippen molar-refractivity contribution in [2.75, 3.05) is 0 Å². The number of benzene rings is 1. The van der Waals surface area contributed by atoms with Gasteiger partial charge in [-0.1, -0.05) is 18.2 Å². The molecule has 138 valence electrons. The fourth-order valence-electron chi connectivity index (χ4n) is 3.22. The lowest BCUT2D eigenvalue weighted by molar-refractivity contribution is 0.00578. The van der Waals surface area contributed by atoms with Gasteiger partial charge in [-0.2, -0.15) is 0 Å². The molecule has 0 saturated carbocycles. The van der Waals surface area contributed by atoms with Crippen molar-refractivity contribution in [3.63, 3.8) is 0 Å². The Morgan fingerprint density at radius 1 is 1.08 bits per heavy atom. The van der Waals surface area contributed by atoms with E-state index in [2.05, 4.69) is 16.9 Å². The largest absolute Gasteiger partial charge is 0.494 e. The molecule has 2 aliphatic rings. The van der Waals surface area contributed by atoms with Crippen LogP contribution in [0.2, 0.25) is 0 Å². The van der Waals surface area contributed by atoms with E-state index in [4.69, 9.17) is 9.31 Å². The van der Waals surface area contributed by atoms with Crippen molar-refractivity contribution in [3.8, 4) is 0 Å². The van der Waals surface area contributed by atoms with Gasteiger partial charge in [-0.15, -0.1) is 0 Å². The first-order valence-corrected chi connectivity index (χ1v) is 10.4. The van der Waals surface area contributed by atoms with E-state index in [1.54, 1.807) is 13.8 Å². The van der Waals surface area contributed by atoms with E-state index < -0.39 is 15.3 Å². The lowest BCUT2D eigenvalue weighted by atomic mass is 9.78. The minimum absolute atomic E-state index is 0.0732. The summed E-state index contributed by atoms with van der Waals surface area (Å²) in [4.78, 5) is 0. The third kappa shape index (κ3) is 3.52. The van der Waals surface area contributed by atoms with Crippen molar-refractivity contribution < 1.29 is 17.7 Å². The van der Waals surface area contributed by atoms with Crippen molar-refractivity contribution in [2.24, 2.45) is 0 Å². The van der Waals surface area contributed by atoms with Gasteiger partial charge < -0.3 is 9.31 Å². The van der Waals surface area contributed by atoms with E-state index >= 15 is 0 Å². The van der Waals surface area contributed by atoms with Crippen LogP contribution in [0.25, 0.3) is 0 Å². The van der Waals surface area contributed by atoms with Crippen LogP contribution in [0.4, 0.5) is 0 Å². The van der Waals surface area contributed by atoms with Crippen LogP contribution in [0.15, 0.2) is 18.2 Å². The molecule has 1 fully saturated rings. The van der Waals surface area contributed by atoms with E-state index in [0.29, 0.717) is 6.42 Å². The van der Waals surface area contributed by atoms with Crippen molar-refractivity contribution in [3.05, 3.63) is 29.3 Å². The van der Waals surface area contributed by atoms with E-state index in [0.717, 1.165) is 11.9 Å². The molecule has 0 radical (unpaired) electrons. The standard InChI is InChI=1S/C18H28BNO4S/c1-12(2)25(21,22)20-16-10-13-7-8-15(9-14(13)11-16)19-23-17(3,4)18(5,6)24-19/h7-9,12,16,20H,10-11H2,1-6H3/t16-/m1/s1. The van der Waals surface area contributed by atoms with Crippen molar-refractivity contribution in [1.82, 2.24) is 4.72 Å². The predicted octanol–water partition coefficient (Wildman–Crippen LogP) is 1.78. The minimum atomic E-state index is -3.26. The fraction of sp³-hybridized carbons (Fsp3) is 0.667. The highest BCUT2D eigenvalue weighted by molar-refractivity contribution is 7.90. The molecule has 0 amide bonds. The Bertz CT molecular complexity index is 757. The molecule has 1 heterocycles. The Kier molecular flexibility index (Phi) is 4.60. The quantitative estimate of drug-likeness (QED) is 0.827. The number of sulfonamides is 1. The maximum Gasteiger partial charge on any atom is 0.494 e. The van der Waals surface area contributed by atoms with Gasteiger partial charge in [0.25, 0.3) is 0 Å². The Labute approximate surface area is 151 Å². The van der Waals surface area contributed by atoms with Gasteiger partial charge in [0, 0.05) is 6.04 Å². The molecule has 0 bridgehead atoms. The predicted molar refractivity (Wildman–Crippen MR) is 101 cm³/mol. The van der Waals surface area contributed by atoms with Gasteiger partial charge >= 0.3 is 7.12 Å². The molecule has 25 heavy (non-hydrogen) atoms. The Hall–Kier alpha value is -0.885. The summed E-state index contributed by atoms with van der Waals surface area (Å²) >= 11 is 0. The summed E-state index contributed by atoms with van der Waals surface area (Å²) in [6.07, 6.45) is 1.43. The normalized spacial score (nSPS) is 24.8. The molecular weight excluding hydrogens is 337 g/mol. The molecule has 1 aliphatic carbocycles. The minimum Gasteiger partial charge on any atom is -0.399 e. The second kappa shape index (κ2) is 6.08. The van der Waals surface area contributed by atoms with Crippen LogP contribution in [-0.4, -0.2) is 38.0 Å². The summed E-state index contributed by atoms with van der Waals surface area (Å²) in [6, 6.07) is 6.12. The average molecular weight is 365 g/mol. The highest BCUT2D eigenvalue weighted by Gasteiger charge is 2.51. The molecule has 1 saturated heterocycles. The monoisotopic (exact) mass is 365 g/mol. The van der Waals surface area contributed by atoms with Gasteiger partial charge in [-0.3, -0.25) is 0 Å². The zero-order chi connectivity index (χ0) is 18.6. The Balaban J connectivity index is 1.75. The highest BCUT2D eigenvalue weighted by atomic mass is 32.2. The van der Waals surface area contributed by atoms with E-state index in [1.165, 1.54) is 11.1 Å². The summed E-state index contributed by atoms with van der Waals surface area (Å²) in [6.45, 7) is 11.5. The summed E-state index contributed by atoms with van der Waals surface area (Å²) in [7, 11) is -3.64. The third-order valence-electron chi connectivity index (χ3n) is 5.64. The van der Waals surface area contributed by atoms with Gasteiger partial charge in [-0.05, 0) is 71.0 Å². The molecule has 1 N–H and O–H groups in total. The maximum absolute atomic E-state index is 12.1. The van der Waals surface area contributed by atoms with E-state index in [9.17, 15) is 8.42 Å². The number of nitrogens with one attached hydrogen (secondary N) is 1. The van der Waals surface area contributed by atoms with Gasteiger partial charge in [0.15, 0.2) is 0 Å². The summed E-state index contributed by atoms with van der Waals surface area (Å²) < 4.78 is 39.3. The zero-order valence-electron chi connectivity index (χ0n) is 15.9. The first-order valence-electron chi connectivity index (χ1n) is 8.90. The highest BCUT2D eigenvalue weighted by Crippen LogP contribution is 2.36. The SMILES string of the molecule is CC(C)S(=O)(=O)N[C@@H]1Cc2ccc(B3OC(C)(C)C(C)(C)O3)cc2C1. The number of fused-ring (bicyclic) bond motifs is 1. The summed E-state index contributed by atoms with van der Waals surface area (Å²) in [5, 5.41) is -0.420. The molecule has 7 heteroatoms. The molecule has 5 nitrogen and oxygen atoms in total. The maximum atomic E-state index is 12.1. The molecule has 1 atom stereocenters. The topological polar surface area (TPSA) is 64.6 Å². The van der Waals surface area contributed by atoms with Gasteiger partial charge in [-0.25, -0.2) is 13.1 Å². The molecule has 1 aromatic carbocycles. The Morgan fingerprint density at radius 3 is 2.20 bits per heavy atom. The van der Waals surface area contributed by atoms with Gasteiger partial charge in [0.05, 0.1) is 16.5 Å². The van der Waals surface area contributed by atoms with Crippen molar-refractivity contribution >= 4 is 22.6 Å². The fourth-order valence-corrected chi connectivity index (χ4v) is 4.12. The van der Waals surface area contributed by atoms with Crippen LogP contribution in [0.5, 0.6) is 0 Å². The molecule has 3 rings (SSSR count). The summed E-state index contributed by atoms with van der Waals surface area (Å²) in [5.41, 5.74) is 2.61. The second-order valence-corrected chi connectivity index (χ2v) is 10.7. The van der Waals surface area contributed by atoms with Crippen LogP contribution in [0.1, 0.15) is 52.7 Å². The average Bonchev–Trinajstić information content (AvgIpc) is 2.94. The number of rotatable bonds is 4. The number of hydrogen-bond donors (Lipinski definition) is 1. The van der Waals surface area contributed by atoms with Gasteiger partial charge in [0.2, 0.25) is 10.0 Å². The summed E-state index contributed by atoms with van der Waals surface area (Å²) in [5.74, 6) is 0.